The first-order chi connectivity index (χ1) is 4.16. The molecule has 0 rings (SSSR count). The van der Waals surface area contributed by atoms with E-state index in [-0.39, 0.29) is 13.2 Å². The third-order valence-corrected chi connectivity index (χ3v) is 0.713. The molecule has 9 heavy (non-hydrogen) atoms. The zero-order valence-electron chi connectivity index (χ0n) is 4.92. The van der Waals surface area contributed by atoms with Crippen LogP contribution < -0.4 is 5.32 Å². The van der Waals surface area contributed by atoms with E-state index >= 15 is 0 Å². The van der Waals surface area contributed by atoms with Crippen molar-refractivity contribution >= 4 is 6.09 Å². The Balaban J connectivity index is 3.28. The molecule has 0 atom stereocenters. The molecule has 0 aromatic carbocycles. The van der Waals surface area contributed by atoms with Gasteiger partial charge < -0.3 is 15.5 Å². The van der Waals surface area contributed by atoms with E-state index in [1.54, 1.807) is 0 Å². The van der Waals surface area contributed by atoms with Gasteiger partial charge in [0, 0.05) is 6.54 Å². The van der Waals surface area contributed by atoms with E-state index in [1.807, 2.05) is 0 Å². The normalized spacial score (nSPS) is 8.56. The highest BCUT2D eigenvalue weighted by Gasteiger charge is 1.93. The number of carbonyl (C=O) groups is 1. The van der Waals surface area contributed by atoms with Crippen LogP contribution in [0.3, 0.4) is 0 Å². The third-order valence-electron chi connectivity index (χ3n) is 0.713. The van der Waals surface area contributed by atoms with Gasteiger partial charge in [0.05, 0.1) is 6.61 Å². The summed E-state index contributed by atoms with van der Waals surface area (Å²) in [5.41, 5.74) is 0.456. The van der Waals surface area contributed by atoms with E-state index in [4.69, 9.17) is 10.2 Å². The molecule has 0 fully saturated rings. The molecule has 0 spiro atoms. The van der Waals surface area contributed by atoms with Crippen molar-refractivity contribution in [3.63, 3.8) is 0 Å². The number of carboxylic acid groups (broad SMARTS) is 1. The summed E-state index contributed by atoms with van der Waals surface area (Å²) in [7, 11) is 0. The van der Waals surface area contributed by atoms with Gasteiger partial charge in [0.1, 0.15) is 0 Å². The maximum atomic E-state index is 9.79. The lowest BCUT2D eigenvalue weighted by atomic mass is 10.3. The lowest BCUT2D eigenvalue weighted by Crippen LogP contribution is -2.23. The van der Waals surface area contributed by atoms with Crippen molar-refractivity contribution in [3.8, 4) is 0 Å². The molecule has 0 bridgehead atoms. The zero-order chi connectivity index (χ0) is 7.28. The van der Waals surface area contributed by atoms with Crippen LogP contribution in [0.4, 0.5) is 4.79 Å². The van der Waals surface area contributed by atoms with Crippen molar-refractivity contribution in [3.05, 3.63) is 12.2 Å². The second-order valence-electron chi connectivity index (χ2n) is 1.57. The van der Waals surface area contributed by atoms with Gasteiger partial charge in [0.25, 0.3) is 0 Å². The number of nitrogens with one attached hydrogen (secondary N) is 1. The van der Waals surface area contributed by atoms with Crippen LogP contribution in [0.2, 0.25) is 0 Å². The number of rotatable bonds is 3. The summed E-state index contributed by atoms with van der Waals surface area (Å²) in [6.45, 7) is 3.31. The van der Waals surface area contributed by atoms with Crippen molar-refractivity contribution in [2.24, 2.45) is 0 Å². The van der Waals surface area contributed by atoms with E-state index in [0.717, 1.165) is 0 Å². The molecule has 0 unspecified atom stereocenters. The smallest absolute Gasteiger partial charge is 0.404 e. The minimum atomic E-state index is -1.11. The van der Waals surface area contributed by atoms with Gasteiger partial charge in [-0.25, -0.2) is 4.79 Å². The molecule has 0 aliphatic carbocycles. The standard InChI is InChI=1S/C5H9NO3/c1-4(3-7)2-6-5(8)9/h6-7H,1-3H2,(H,8,9). The molecule has 4 nitrogen and oxygen atoms in total. The van der Waals surface area contributed by atoms with Crippen molar-refractivity contribution in [1.29, 1.82) is 0 Å². The molecule has 0 saturated carbocycles. The second kappa shape index (κ2) is 3.91. The van der Waals surface area contributed by atoms with Crippen LogP contribution >= 0.6 is 0 Å². The Bertz CT molecular complexity index is 121. The van der Waals surface area contributed by atoms with Crippen LogP contribution in [0, 0.1) is 0 Å². The molecule has 3 N–H and O–H groups in total. The van der Waals surface area contributed by atoms with E-state index in [9.17, 15) is 4.79 Å². The summed E-state index contributed by atoms with van der Waals surface area (Å²) < 4.78 is 0. The van der Waals surface area contributed by atoms with Crippen molar-refractivity contribution in [1.82, 2.24) is 5.32 Å². The van der Waals surface area contributed by atoms with Crippen molar-refractivity contribution in [2.45, 2.75) is 0 Å². The molecule has 0 radical (unpaired) electrons. The van der Waals surface area contributed by atoms with Crippen LogP contribution in [0.5, 0.6) is 0 Å². The molecule has 0 aromatic rings. The number of aliphatic hydroxyl groups excluding tert-OH is 1. The summed E-state index contributed by atoms with van der Waals surface area (Å²) in [6.07, 6.45) is -1.11. The molecule has 0 aliphatic heterocycles. The summed E-state index contributed by atoms with van der Waals surface area (Å²) in [5, 5.41) is 18.4. The van der Waals surface area contributed by atoms with Crippen LogP contribution in [-0.4, -0.2) is 29.5 Å². The number of hydrogen-bond donors (Lipinski definition) is 3. The quantitative estimate of drug-likeness (QED) is 0.464. The molecule has 4 heteroatoms. The monoisotopic (exact) mass is 131 g/mol. The molecule has 1 amide bonds. The second-order valence-corrected chi connectivity index (χ2v) is 1.57. The molecule has 0 aromatic heterocycles. The fourth-order valence-corrected chi connectivity index (χ4v) is 0.257. The number of hydrogen-bond acceptors (Lipinski definition) is 2. The predicted molar refractivity (Wildman–Crippen MR) is 32.3 cm³/mol. The lowest BCUT2D eigenvalue weighted by molar-refractivity contribution is 0.195. The predicted octanol–water partition coefficient (Wildman–Crippen LogP) is -0.197. The van der Waals surface area contributed by atoms with Crippen LogP contribution in [0.15, 0.2) is 12.2 Å². The minimum absolute atomic E-state index is 0.117. The average molecular weight is 131 g/mol. The first-order valence-electron chi connectivity index (χ1n) is 2.41. The van der Waals surface area contributed by atoms with Gasteiger partial charge in [-0.3, -0.25) is 0 Å². The molecule has 0 aliphatic rings. The largest absolute Gasteiger partial charge is 0.465 e. The topological polar surface area (TPSA) is 69.6 Å². The molecule has 0 saturated heterocycles. The third kappa shape index (κ3) is 4.83. The fraction of sp³-hybridized carbons (Fsp3) is 0.400. The summed E-state index contributed by atoms with van der Waals surface area (Å²) in [5.74, 6) is 0. The van der Waals surface area contributed by atoms with E-state index in [1.165, 1.54) is 0 Å². The lowest BCUT2D eigenvalue weighted by Gasteiger charge is -1.99. The summed E-state index contributed by atoms with van der Waals surface area (Å²) in [4.78, 5) is 9.79. The first kappa shape index (κ1) is 7.97. The van der Waals surface area contributed by atoms with Gasteiger partial charge in [-0.05, 0) is 5.57 Å². The number of aliphatic hydroxyl groups is 1. The molecular weight excluding hydrogens is 122 g/mol. The molecule has 0 heterocycles. The Morgan fingerprint density at radius 3 is 2.56 bits per heavy atom. The summed E-state index contributed by atoms with van der Waals surface area (Å²) in [6, 6.07) is 0. The molecule has 52 valence electrons. The molecular formula is C5H9NO3. The van der Waals surface area contributed by atoms with Gasteiger partial charge in [0.15, 0.2) is 0 Å². The van der Waals surface area contributed by atoms with Crippen LogP contribution in [0.1, 0.15) is 0 Å². The highest BCUT2D eigenvalue weighted by atomic mass is 16.4. The van der Waals surface area contributed by atoms with E-state index in [0.29, 0.717) is 5.57 Å². The minimum Gasteiger partial charge on any atom is -0.465 e. The Morgan fingerprint density at radius 1 is 1.67 bits per heavy atom. The maximum Gasteiger partial charge on any atom is 0.404 e. The van der Waals surface area contributed by atoms with Crippen molar-refractivity contribution < 1.29 is 15.0 Å². The van der Waals surface area contributed by atoms with Crippen LogP contribution in [-0.2, 0) is 0 Å². The summed E-state index contributed by atoms with van der Waals surface area (Å²) >= 11 is 0. The van der Waals surface area contributed by atoms with Gasteiger partial charge in [-0.15, -0.1) is 0 Å². The average Bonchev–Trinajstić information content (AvgIpc) is 1.83. The van der Waals surface area contributed by atoms with Gasteiger partial charge >= 0.3 is 6.09 Å². The van der Waals surface area contributed by atoms with E-state index in [2.05, 4.69) is 11.9 Å². The van der Waals surface area contributed by atoms with Gasteiger partial charge in [0.2, 0.25) is 0 Å². The highest BCUT2D eigenvalue weighted by Crippen LogP contribution is 1.81. The van der Waals surface area contributed by atoms with Crippen molar-refractivity contribution in [2.75, 3.05) is 13.2 Å². The number of amides is 1. The van der Waals surface area contributed by atoms with Crippen LogP contribution in [0.25, 0.3) is 0 Å². The first-order valence-corrected chi connectivity index (χ1v) is 2.41. The van der Waals surface area contributed by atoms with Gasteiger partial charge in [-0.1, -0.05) is 6.58 Å². The Hall–Kier alpha value is -1.03. The van der Waals surface area contributed by atoms with E-state index < -0.39 is 6.09 Å². The highest BCUT2D eigenvalue weighted by molar-refractivity contribution is 5.64. The Kier molecular flexibility index (Phi) is 3.46. The van der Waals surface area contributed by atoms with Gasteiger partial charge in [-0.2, -0.15) is 0 Å². The maximum absolute atomic E-state index is 9.79. The SMILES string of the molecule is C=C(CO)CNC(=O)O. The Morgan fingerprint density at radius 2 is 2.22 bits per heavy atom. The fourth-order valence-electron chi connectivity index (χ4n) is 0.257. The Labute approximate surface area is 52.8 Å². The zero-order valence-corrected chi connectivity index (χ0v) is 4.92.